The molecule has 1 aromatic heterocycles. The summed E-state index contributed by atoms with van der Waals surface area (Å²) in [5.74, 6) is 1.12. The lowest BCUT2D eigenvalue weighted by Gasteiger charge is -2.21. The molecular formula is C10H14ClN3O2S2. The van der Waals surface area contributed by atoms with E-state index >= 15 is 0 Å². The molecule has 0 radical (unpaired) electrons. The Kier molecular flexibility index (Phi) is 4.34. The predicted molar refractivity (Wildman–Crippen MR) is 74.3 cm³/mol. The lowest BCUT2D eigenvalue weighted by Crippen LogP contribution is -2.27. The van der Waals surface area contributed by atoms with Gasteiger partial charge in [-0.25, -0.2) is 18.4 Å². The molecule has 0 bridgehead atoms. The summed E-state index contributed by atoms with van der Waals surface area (Å²) in [4.78, 5) is 10.4. The molecular weight excluding hydrogens is 294 g/mol. The molecule has 18 heavy (non-hydrogen) atoms. The van der Waals surface area contributed by atoms with Gasteiger partial charge in [0.25, 0.3) is 0 Å². The summed E-state index contributed by atoms with van der Waals surface area (Å²) in [5.41, 5.74) is 0. The van der Waals surface area contributed by atoms with Gasteiger partial charge >= 0.3 is 0 Å². The number of anilines is 1. The summed E-state index contributed by atoms with van der Waals surface area (Å²) in [5, 5.41) is 0.987. The van der Waals surface area contributed by atoms with Crippen LogP contribution in [0.2, 0.25) is 5.15 Å². The van der Waals surface area contributed by atoms with Crippen molar-refractivity contribution in [2.75, 3.05) is 35.8 Å². The maximum atomic E-state index is 11.5. The first kappa shape index (κ1) is 13.9. The van der Waals surface area contributed by atoms with Gasteiger partial charge in [-0.15, -0.1) is 0 Å². The van der Waals surface area contributed by atoms with Crippen molar-refractivity contribution in [3.05, 3.63) is 11.2 Å². The maximum Gasteiger partial charge on any atom is 0.190 e. The molecule has 2 rings (SSSR count). The van der Waals surface area contributed by atoms with Crippen molar-refractivity contribution in [3.8, 4) is 0 Å². The van der Waals surface area contributed by atoms with Gasteiger partial charge in [-0.05, 0) is 12.7 Å². The van der Waals surface area contributed by atoms with E-state index in [1.807, 2.05) is 11.2 Å². The van der Waals surface area contributed by atoms with Crippen LogP contribution in [0.1, 0.15) is 6.42 Å². The summed E-state index contributed by atoms with van der Waals surface area (Å²) >= 11 is 7.35. The molecule has 0 aliphatic carbocycles. The summed E-state index contributed by atoms with van der Waals surface area (Å²) in [7, 11) is -2.91. The molecule has 1 aliphatic rings. The third-order valence-electron chi connectivity index (χ3n) is 2.72. The van der Waals surface area contributed by atoms with Crippen LogP contribution in [0.15, 0.2) is 11.2 Å². The summed E-state index contributed by atoms with van der Waals surface area (Å²) in [6.45, 7) is 1.14. The Morgan fingerprint density at radius 2 is 2.11 bits per heavy atom. The van der Waals surface area contributed by atoms with E-state index in [9.17, 15) is 8.42 Å². The highest BCUT2D eigenvalue weighted by atomic mass is 35.5. The summed E-state index contributed by atoms with van der Waals surface area (Å²) in [6, 6.07) is 1.68. The number of nitrogens with zero attached hydrogens (tertiary/aromatic N) is 3. The van der Waals surface area contributed by atoms with Crippen LogP contribution >= 0.6 is 23.4 Å². The zero-order chi connectivity index (χ0) is 13.2. The Balaban J connectivity index is 2.23. The minimum atomic E-state index is -2.91. The number of thioether (sulfide) groups is 1. The van der Waals surface area contributed by atoms with E-state index in [-0.39, 0.29) is 11.5 Å². The first-order valence-electron chi connectivity index (χ1n) is 5.54. The normalized spacial score (nSPS) is 19.6. The fourth-order valence-corrected chi connectivity index (χ4v) is 3.68. The molecule has 1 aromatic rings. The monoisotopic (exact) mass is 307 g/mol. The van der Waals surface area contributed by atoms with Gasteiger partial charge < -0.3 is 4.90 Å². The Labute approximate surface area is 116 Å². The smallest absolute Gasteiger partial charge is 0.190 e. The summed E-state index contributed by atoms with van der Waals surface area (Å²) in [6.07, 6.45) is 2.50. The van der Waals surface area contributed by atoms with Crippen LogP contribution in [-0.4, -0.2) is 49.2 Å². The van der Waals surface area contributed by atoms with Gasteiger partial charge in [0.1, 0.15) is 11.0 Å². The van der Waals surface area contributed by atoms with Crippen molar-refractivity contribution < 1.29 is 8.42 Å². The lowest BCUT2D eigenvalue weighted by atomic mass is 10.4. The van der Waals surface area contributed by atoms with Gasteiger partial charge in [-0.3, -0.25) is 0 Å². The molecule has 0 saturated carbocycles. The number of aromatic nitrogens is 2. The van der Waals surface area contributed by atoms with Gasteiger partial charge in [-0.2, -0.15) is 0 Å². The Hall–Kier alpha value is -0.530. The summed E-state index contributed by atoms with van der Waals surface area (Å²) < 4.78 is 23.1. The van der Waals surface area contributed by atoms with E-state index in [4.69, 9.17) is 11.6 Å². The van der Waals surface area contributed by atoms with Crippen LogP contribution in [0.3, 0.4) is 0 Å². The largest absolute Gasteiger partial charge is 0.355 e. The van der Waals surface area contributed by atoms with Crippen molar-refractivity contribution in [2.45, 2.75) is 11.6 Å². The fourth-order valence-electron chi connectivity index (χ4n) is 1.81. The molecule has 1 saturated heterocycles. The van der Waals surface area contributed by atoms with E-state index in [0.717, 1.165) is 0 Å². The first-order valence-corrected chi connectivity index (χ1v) is 8.96. The van der Waals surface area contributed by atoms with Gasteiger partial charge in [0.2, 0.25) is 0 Å². The Morgan fingerprint density at radius 3 is 2.83 bits per heavy atom. The molecule has 0 unspecified atom stereocenters. The molecule has 8 heteroatoms. The SMILES string of the molecule is CSc1nc(Cl)cc(N2CCCS(=O)(=O)CC2)n1. The third kappa shape index (κ3) is 3.49. The average molecular weight is 308 g/mol. The van der Waals surface area contributed by atoms with E-state index in [2.05, 4.69) is 9.97 Å². The van der Waals surface area contributed by atoms with Crippen LogP contribution in [0.5, 0.6) is 0 Å². The third-order valence-corrected chi connectivity index (χ3v) is 5.18. The molecule has 0 atom stereocenters. The molecule has 100 valence electrons. The molecule has 2 heterocycles. The first-order chi connectivity index (χ1) is 8.50. The van der Waals surface area contributed by atoms with E-state index in [1.165, 1.54) is 11.8 Å². The van der Waals surface area contributed by atoms with Gasteiger partial charge in [0.15, 0.2) is 15.0 Å². The highest BCUT2D eigenvalue weighted by molar-refractivity contribution is 7.98. The van der Waals surface area contributed by atoms with Crippen LogP contribution in [0, 0.1) is 0 Å². The van der Waals surface area contributed by atoms with Crippen molar-refractivity contribution in [2.24, 2.45) is 0 Å². The molecule has 1 aliphatic heterocycles. The highest BCUT2D eigenvalue weighted by Crippen LogP contribution is 2.21. The molecule has 5 nitrogen and oxygen atoms in total. The van der Waals surface area contributed by atoms with E-state index < -0.39 is 9.84 Å². The average Bonchev–Trinajstić information content (AvgIpc) is 2.49. The molecule has 0 spiro atoms. The lowest BCUT2D eigenvalue weighted by molar-refractivity contribution is 0.597. The number of halogens is 1. The quantitative estimate of drug-likeness (QED) is 0.468. The van der Waals surface area contributed by atoms with Crippen LogP contribution < -0.4 is 4.90 Å². The van der Waals surface area contributed by atoms with Gasteiger partial charge in [-0.1, -0.05) is 23.4 Å². The van der Waals surface area contributed by atoms with Crippen molar-refractivity contribution in [1.82, 2.24) is 9.97 Å². The second kappa shape index (κ2) is 5.63. The van der Waals surface area contributed by atoms with Gasteiger partial charge in [0.05, 0.1) is 11.5 Å². The van der Waals surface area contributed by atoms with Crippen molar-refractivity contribution >= 4 is 39.0 Å². The van der Waals surface area contributed by atoms with Gasteiger partial charge in [0, 0.05) is 19.2 Å². The zero-order valence-electron chi connectivity index (χ0n) is 9.97. The van der Waals surface area contributed by atoms with Crippen molar-refractivity contribution in [3.63, 3.8) is 0 Å². The number of hydrogen-bond acceptors (Lipinski definition) is 6. The highest BCUT2D eigenvalue weighted by Gasteiger charge is 2.20. The minimum absolute atomic E-state index is 0.170. The van der Waals surface area contributed by atoms with Crippen molar-refractivity contribution in [1.29, 1.82) is 0 Å². The molecule has 0 amide bonds. The van der Waals surface area contributed by atoms with E-state index in [1.54, 1.807) is 6.07 Å². The number of hydrogen-bond donors (Lipinski definition) is 0. The van der Waals surface area contributed by atoms with Crippen LogP contribution in [-0.2, 0) is 9.84 Å². The fraction of sp³-hybridized carbons (Fsp3) is 0.600. The molecule has 1 fully saturated rings. The number of sulfone groups is 1. The maximum absolute atomic E-state index is 11.5. The zero-order valence-corrected chi connectivity index (χ0v) is 12.4. The van der Waals surface area contributed by atoms with Crippen LogP contribution in [0.25, 0.3) is 0 Å². The minimum Gasteiger partial charge on any atom is -0.355 e. The second-order valence-corrected chi connectivity index (χ2v) is 7.49. The number of rotatable bonds is 2. The van der Waals surface area contributed by atoms with E-state index in [0.29, 0.717) is 35.6 Å². The Morgan fingerprint density at radius 1 is 1.33 bits per heavy atom. The molecule has 0 N–H and O–H groups in total. The predicted octanol–water partition coefficient (Wildman–Crippen LogP) is 1.48. The molecule has 0 aromatic carbocycles. The standard InChI is InChI=1S/C10H14ClN3O2S2/c1-17-10-12-8(11)7-9(13-10)14-3-2-5-18(15,16)6-4-14/h7H,2-6H2,1H3. The second-order valence-electron chi connectivity index (χ2n) is 4.03. The topological polar surface area (TPSA) is 63.2 Å². The van der Waals surface area contributed by atoms with Crippen LogP contribution in [0.4, 0.5) is 5.82 Å². The Bertz CT molecular complexity index is 536.